The number of esters is 1. The van der Waals surface area contributed by atoms with E-state index in [0.717, 1.165) is 25.7 Å². The molecule has 1 unspecified atom stereocenters. The average molecular weight is 543 g/mol. The predicted molar refractivity (Wildman–Crippen MR) is 151 cm³/mol. The minimum Gasteiger partial charge on any atom is -0.480 e. The molecule has 0 radical (unpaired) electrons. The van der Waals surface area contributed by atoms with Gasteiger partial charge in [-0.05, 0) is 107 Å². The van der Waals surface area contributed by atoms with Gasteiger partial charge in [-0.1, -0.05) is 34.9 Å². The fourth-order valence-electron chi connectivity index (χ4n) is 3.68. The Morgan fingerprint density at radius 1 is 0.838 bits per heavy atom. The molecule has 0 saturated heterocycles. The van der Waals surface area contributed by atoms with Crippen LogP contribution >= 0.6 is 7.60 Å². The zero-order valence-corrected chi connectivity index (χ0v) is 25.5. The normalized spacial score (nSPS) is 14.7. The third kappa shape index (κ3) is 12.6. The zero-order chi connectivity index (χ0) is 28.7. The number of hydrogen-bond acceptors (Lipinski definition) is 6. The molecule has 0 fully saturated rings. The number of allylic oxidation sites excluding steroid dienone is 6. The SMILES string of the molecule is CCOP(=O)(OCC)C(CCC/C=C(\C)CC/C=C(\C)CCC=C(C)C)(COC(=O)C(C)(C)C)C(=O)O. The summed E-state index contributed by atoms with van der Waals surface area (Å²) in [6.07, 6.45) is 11.6. The largest absolute Gasteiger partial charge is 0.480 e. The summed E-state index contributed by atoms with van der Waals surface area (Å²) in [5.74, 6) is -1.92. The molecule has 1 N–H and O–H groups in total. The van der Waals surface area contributed by atoms with Gasteiger partial charge in [-0.2, -0.15) is 0 Å². The Kier molecular flexibility index (Phi) is 16.2. The Labute approximate surface area is 225 Å². The van der Waals surface area contributed by atoms with E-state index in [1.165, 1.54) is 16.7 Å². The molecule has 8 heteroatoms. The highest BCUT2D eigenvalue weighted by atomic mass is 31.2. The number of carbonyl (C=O) groups excluding carboxylic acids is 1. The van der Waals surface area contributed by atoms with Crippen molar-refractivity contribution in [3.8, 4) is 0 Å². The van der Waals surface area contributed by atoms with Crippen molar-refractivity contribution >= 4 is 19.5 Å². The molecule has 0 rings (SSSR count). The lowest BCUT2D eigenvalue weighted by atomic mass is 9.97. The predicted octanol–water partition coefficient (Wildman–Crippen LogP) is 8.25. The van der Waals surface area contributed by atoms with E-state index in [4.69, 9.17) is 13.8 Å². The molecule has 0 aliphatic heterocycles. The van der Waals surface area contributed by atoms with Gasteiger partial charge in [0.25, 0.3) is 0 Å². The first kappa shape index (κ1) is 35.3. The van der Waals surface area contributed by atoms with Crippen LogP contribution in [-0.2, 0) is 27.9 Å². The van der Waals surface area contributed by atoms with Crippen molar-refractivity contribution in [3.63, 3.8) is 0 Å². The van der Waals surface area contributed by atoms with Gasteiger partial charge < -0.3 is 18.9 Å². The molecule has 0 saturated carbocycles. The molecule has 7 nitrogen and oxygen atoms in total. The summed E-state index contributed by atoms with van der Waals surface area (Å²) in [7, 11) is -4.14. The fourth-order valence-corrected chi connectivity index (χ4v) is 5.82. The van der Waals surface area contributed by atoms with E-state index in [0.29, 0.717) is 12.8 Å². The molecule has 0 spiro atoms. The second-order valence-corrected chi connectivity index (χ2v) is 13.2. The summed E-state index contributed by atoms with van der Waals surface area (Å²) in [4.78, 5) is 25.0. The van der Waals surface area contributed by atoms with Gasteiger partial charge in [-0.25, -0.2) is 0 Å². The van der Waals surface area contributed by atoms with Crippen molar-refractivity contribution in [1.29, 1.82) is 0 Å². The average Bonchev–Trinajstić information content (AvgIpc) is 2.77. The molecule has 0 bridgehead atoms. The van der Waals surface area contributed by atoms with Gasteiger partial charge in [-0.3, -0.25) is 14.2 Å². The number of carboxylic acids is 1. The Hall–Kier alpha value is -1.69. The highest BCUT2D eigenvalue weighted by Crippen LogP contribution is 2.62. The van der Waals surface area contributed by atoms with Gasteiger partial charge in [0, 0.05) is 0 Å². The van der Waals surface area contributed by atoms with Crippen molar-refractivity contribution in [2.75, 3.05) is 19.8 Å². The third-order valence-corrected chi connectivity index (χ3v) is 8.77. The van der Waals surface area contributed by atoms with Crippen molar-refractivity contribution in [1.82, 2.24) is 0 Å². The van der Waals surface area contributed by atoms with Crippen LogP contribution in [0.2, 0.25) is 0 Å². The van der Waals surface area contributed by atoms with E-state index < -0.39 is 36.7 Å². The van der Waals surface area contributed by atoms with Gasteiger partial charge in [-0.15, -0.1) is 0 Å². The van der Waals surface area contributed by atoms with Crippen LogP contribution in [0.5, 0.6) is 0 Å². The number of hydrogen-bond donors (Lipinski definition) is 1. The van der Waals surface area contributed by atoms with E-state index in [-0.39, 0.29) is 19.6 Å². The van der Waals surface area contributed by atoms with Crippen molar-refractivity contribution in [2.24, 2.45) is 5.41 Å². The maximum Gasteiger partial charge on any atom is 0.351 e. The standard InChI is InChI=1S/C29H51O7P/c1-10-35-37(33,36-11-2)29(26(30)31,22-34-27(32)28(7,8)9)21-13-12-17-24(5)19-15-20-25(6)18-14-16-23(3)4/h16-17,20H,10-15,18-19,21-22H2,1-9H3,(H,30,31)/b24-17+,25-20+. The maximum absolute atomic E-state index is 13.7. The number of aliphatic carboxylic acids is 1. The molecule has 0 amide bonds. The number of carboxylic acid groups (broad SMARTS) is 1. The van der Waals surface area contributed by atoms with Crippen LogP contribution in [0.15, 0.2) is 34.9 Å². The van der Waals surface area contributed by atoms with Crippen LogP contribution < -0.4 is 0 Å². The smallest absolute Gasteiger partial charge is 0.351 e. The minimum atomic E-state index is -4.14. The first-order valence-electron chi connectivity index (χ1n) is 13.4. The lowest BCUT2D eigenvalue weighted by molar-refractivity contribution is -0.157. The number of ether oxygens (including phenoxy) is 1. The highest BCUT2D eigenvalue weighted by molar-refractivity contribution is 7.56. The zero-order valence-electron chi connectivity index (χ0n) is 24.6. The van der Waals surface area contributed by atoms with E-state index in [2.05, 4.69) is 45.9 Å². The van der Waals surface area contributed by atoms with Gasteiger partial charge >= 0.3 is 19.5 Å². The molecule has 0 aliphatic carbocycles. The van der Waals surface area contributed by atoms with E-state index in [1.54, 1.807) is 34.6 Å². The Morgan fingerprint density at radius 3 is 1.76 bits per heavy atom. The first-order valence-corrected chi connectivity index (χ1v) is 14.9. The number of carbonyl (C=O) groups is 2. The molecule has 0 aromatic rings. The fraction of sp³-hybridized carbons (Fsp3) is 0.724. The quantitative estimate of drug-likeness (QED) is 0.0805. The molecular formula is C29H51O7P. The van der Waals surface area contributed by atoms with Crippen LogP contribution in [0.1, 0.15) is 107 Å². The second-order valence-electron chi connectivity index (χ2n) is 10.8. The molecule has 0 aromatic heterocycles. The molecule has 0 aromatic carbocycles. The van der Waals surface area contributed by atoms with E-state index in [1.807, 2.05) is 0 Å². The molecule has 0 heterocycles. The molecule has 0 aliphatic rings. The summed E-state index contributed by atoms with van der Waals surface area (Å²) < 4.78 is 30.0. The Morgan fingerprint density at radius 2 is 1.32 bits per heavy atom. The molecule has 1 atom stereocenters. The van der Waals surface area contributed by atoms with Gasteiger partial charge in [0.05, 0.1) is 18.6 Å². The lowest BCUT2D eigenvalue weighted by Gasteiger charge is -2.35. The van der Waals surface area contributed by atoms with Gasteiger partial charge in [0.15, 0.2) is 0 Å². The maximum atomic E-state index is 13.7. The molecule has 214 valence electrons. The lowest BCUT2D eigenvalue weighted by Crippen LogP contribution is -2.46. The summed E-state index contributed by atoms with van der Waals surface area (Å²) in [6, 6.07) is 0. The van der Waals surface area contributed by atoms with Gasteiger partial charge in [0.2, 0.25) is 5.16 Å². The first-order chi connectivity index (χ1) is 17.1. The monoisotopic (exact) mass is 542 g/mol. The minimum absolute atomic E-state index is 0.00973. The molecular weight excluding hydrogens is 491 g/mol. The summed E-state index contributed by atoms with van der Waals surface area (Å²) in [5.41, 5.74) is 3.10. The number of unbranched alkanes of at least 4 members (excludes halogenated alkanes) is 1. The Bertz CT molecular complexity index is 850. The van der Waals surface area contributed by atoms with Crippen molar-refractivity contribution in [3.05, 3.63) is 34.9 Å². The van der Waals surface area contributed by atoms with E-state index >= 15 is 0 Å². The van der Waals surface area contributed by atoms with Crippen molar-refractivity contribution < 1.29 is 33.0 Å². The third-order valence-electron chi connectivity index (χ3n) is 5.98. The van der Waals surface area contributed by atoms with Crippen LogP contribution in [0.25, 0.3) is 0 Å². The molecule has 37 heavy (non-hydrogen) atoms. The van der Waals surface area contributed by atoms with Crippen LogP contribution in [-0.4, -0.2) is 42.0 Å². The second kappa shape index (κ2) is 17.0. The Balaban J connectivity index is 5.44. The van der Waals surface area contributed by atoms with Crippen LogP contribution in [0.3, 0.4) is 0 Å². The topological polar surface area (TPSA) is 99.1 Å². The van der Waals surface area contributed by atoms with Crippen molar-refractivity contribution in [2.45, 2.75) is 112 Å². The number of rotatable bonds is 18. The van der Waals surface area contributed by atoms with E-state index in [9.17, 15) is 19.3 Å². The van der Waals surface area contributed by atoms with Crippen LogP contribution in [0, 0.1) is 5.41 Å². The highest BCUT2D eigenvalue weighted by Gasteiger charge is 2.58. The summed E-state index contributed by atoms with van der Waals surface area (Å²) in [5, 5.41) is 8.27. The van der Waals surface area contributed by atoms with Crippen LogP contribution in [0.4, 0.5) is 0 Å². The summed E-state index contributed by atoms with van der Waals surface area (Å²) >= 11 is 0. The van der Waals surface area contributed by atoms with Gasteiger partial charge in [0.1, 0.15) is 6.61 Å². The summed E-state index contributed by atoms with van der Waals surface area (Å²) in [6.45, 7) is 16.2.